The SMILES string of the molecule is OCCCc1cc2cc3ccc(cc4nc(cc5nc(cc1[nH]2)C=C5)C=C4)[nH]3. The number of aromatic nitrogens is 4. The van der Waals surface area contributed by atoms with Gasteiger partial charge in [0.1, 0.15) is 0 Å². The van der Waals surface area contributed by atoms with E-state index < -0.39 is 0 Å². The van der Waals surface area contributed by atoms with Crippen LogP contribution in [0.5, 0.6) is 0 Å². The minimum Gasteiger partial charge on any atom is -0.396 e. The number of nitrogens with one attached hydrogen (secondary N) is 2. The molecule has 0 saturated heterocycles. The molecule has 2 aliphatic heterocycles. The van der Waals surface area contributed by atoms with E-state index in [-0.39, 0.29) is 6.61 Å². The molecule has 0 aromatic carbocycles. The van der Waals surface area contributed by atoms with Crippen molar-refractivity contribution in [1.82, 2.24) is 19.9 Å². The Kier molecular flexibility index (Phi) is 4.14. The van der Waals surface area contributed by atoms with Crippen LogP contribution in [-0.2, 0) is 6.42 Å². The van der Waals surface area contributed by atoms with Crippen LogP contribution in [0, 0.1) is 0 Å². The number of aliphatic hydroxyl groups excluding tert-OH is 1. The van der Waals surface area contributed by atoms with Crippen molar-refractivity contribution in [2.75, 3.05) is 6.61 Å². The van der Waals surface area contributed by atoms with Gasteiger partial charge in [0, 0.05) is 28.7 Å². The van der Waals surface area contributed by atoms with Crippen molar-refractivity contribution >= 4 is 46.4 Å². The van der Waals surface area contributed by atoms with Gasteiger partial charge < -0.3 is 15.1 Å². The summed E-state index contributed by atoms with van der Waals surface area (Å²) in [6, 6.07) is 14.4. The lowest BCUT2D eigenvalue weighted by atomic mass is 10.1. The maximum absolute atomic E-state index is 9.23. The first-order chi connectivity index (χ1) is 13.7. The Balaban J connectivity index is 1.79. The van der Waals surface area contributed by atoms with Crippen LogP contribution in [0.2, 0.25) is 0 Å². The third kappa shape index (κ3) is 3.40. The van der Waals surface area contributed by atoms with Crippen LogP contribution < -0.4 is 0 Å². The van der Waals surface area contributed by atoms with E-state index in [2.05, 4.69) is 45.3 Å². The van der Waals surface area contributed by atoms with E-state index in [1.165, 1.54) is 5.56 Å². The first-order valence-corrected chi connectivity index (χ1v) is 9.43. The van der Waals surface area contributed by atoms with Crippen molar-refractivity contribution in [3.63, 3.8) is 0 Å². The lowest BCUT2D eigenvalue weighted by Crippen LogP contribution is -1.87. The van der Waals surface area contributed by atoms with E-state index in [4.69, 9.17) is 4.98 Å². The largest absolute Gasteiger partial charge is 0.396 e. The van der Waals surface area contributed by atoms with Crippen LogP contribution in [-0.4, -0.2) is 31.6 Å². The van der Waals surface area contributed by atoms with E-state index in [1.807, 2.05) is 36.4 Å². The molecule has 0 aliphatic carbocycles. The number of nitrogens with zero attached hydrogens (tertiary/aromatic N) is 2. The molecule has 3 aromatic heterocycles. The second-order valence-corrected chi connectivity index (χ2v) is 7.03. The summed E-state index contributed by atoms with van der Waals surface area (Å²) < 4.78 is 0. The number of hydrogen-bond acceptors (Lipinski definition) is 3. The zero-order chi connectivity index (χ0) is 18.9. The highest BCUT2D eigenvalue weighted by molar-refractivity contribution is 5.78. The Morgan fingerprint density at radius 1 is 0.679 bits per heavy atom. The Bertz CT molecular complexity index is 1260. The van der Waals surface area contributed by atoms with Gasteiger partial charge in [-0.15, -0.1) is 0 Å². The molecule has 5 heterocycles. The summed E-state index contributed by atoms with van der Waals surface area (Å²) in [5.41, 5.74) is 8.86. The maximum Gasteiger partial charge on any atom is 0.0659 e. The van der Waals surface area contributed by atoms with Gasteiger partial charge in [-0.05, 0) is 85.2 Å². The molecule has 5 heteroatoms. The average Bonchev–Trinajstić information content (AvgIpc) is 3.45. The van der Waals surface area contributed by atoms with Crippen molar-refractivity contribution in [2.45, 2.75) is 12.8 Å². The molecule has 0 fully saturated rings. The van der Waals surface area contributed by atoms with Crippen LogP contribution in [0.25, 0.3) is 46.4 Å². The number of aryl methyl sites for hydroxylation is 1. The summed E-state index contributed by atoms with van der Waals surface area (Å²) in [5, 5.41) is 9.23. The first kappa shape index (κ1) is 16.7. The zero-order valence-electron chi connectivity index (χ0n) is 15.3. The molecular formula is C23H20N4O. The molecule has 2 aliphatic rings. The van der Waals surface area contributed by atoms with Gasteiger partial charge in [-0.25, -0.2) is 9.97 Å². The highest BCUT2D eigenvalue weighted by Crippen LogP contribution is 2.20. The smallest absolute Gasteiger partial charge is 0.0659 e. The minimum absolute atomic E-state index is 0.182. The Hall–Kier alpha value is -3.44. The van der Waals surface area contributed by atoms with Crippen LogP contribution in [0.3, 0.4) is 0 Å². The van der Waals surface area contributed by atoms with Crippen LogP contribution >= 0.6 is 0 Å². The topological polar surface area (TPSA) is 77.6 Å². The van der Waals surface area contributed by atoms with Gasteiger partial charge in [0.15, 0.2) is 0 Å². The molecule has 5 rings (SSSR count). The molecule has 3 N–H and O–H groups in total. The molecule has 3 aromatic rings. The van der Waals surface area contributed by atoms with Crippen LogP contribution in [0.15, 0.2) is 42.5 Å². The molecule has 0 radical (unpaired) electrons. The number of aliphatic hydroxyl groups is 1. The van der Waals surface area contributed by atoms with Gasteiger partial charge in [0.2, 0.25) is 0 Å². The molecule has 0 spiro atoms. The number of H-pyrrole nitrogens is 2. The van der Waals surface area contributed by atoms with E-state index in [0.29, 0.717) is 0 Å². The summed E-state index contributed by atoms with van der Waals surface area (Å²) >= 11 is 0. The quantitative estimate of drug-likeness (QED) is 0.436. The fourth-order valence-corrected chi connectivity index (χ4v) is 3.55. The lowest BCUT2D eigenvalue weighted by Gasteiger charge is -1.95. The lowest BCUT2D eigenvalue weighted by molar-refractivity contribution is 0.289. The second-order valence-electron chi connectivity index (χ2n) is 7.03. The highest BCUT2D eigenvalue weighted by atomic mass is 16.2. The molecule has 0 unspecified atom stereocenters. The first-order valence-electron chi connectivity index (χ1n) is 9.43. The van der Waals surface area contributed by atoms with E-state index >= 15 is 0 Å². The number of aromatic amines is 2. The molecular weight excluding hydrogens is 348 g/mol. The third-order valence-corrected chi connectivity index (χ3v) is 4.86. The normalized spacial score (nSPS) is 12.6. The van der Waals surface area contributed by atoms with Crippen molar-refractivity contribution in [3.8, 4) is 0 Å². The fraction of sp³-hybridized carbons (Fsp3) is 0.130. The molecule has 138 valence electrons. The van der Waals surface area contributed by atoms with E-state index in [9.17, 15) is 5.11 Å². The summed E-state index contributed by atoms with van der Waals surface area (Å²) in [4.78, 5) is 16.2. The van der Waals surface area contributed by atoms with Crippen molar-refractivity contribution in [2.24, 2.45) is 0 Å². The molecule has 5 nitrogen and oxygen atoms in total. The Morgan fingerprint density at radius 2 is 1.32 bits per heavy atom. The summed E-state index contributed by atoms with van der Waals surface area (Å²) in [5.74, 6) is 0. The van der Waals surface area contributed by atoms with Gasteiger partial charge in [0.05, 0.1) is 22.8 Å². The number of rotatable bonds is 3. The Labute approximate surface area is 162 Å². The molecule has 0 saturated carbocycles. The van der Waals surface area contributed by atoms with Gasteiger partial charge >= 0.3 is 0 Å². The summed E-state index contributed by atoms with van der Waals surface area (Å²) in [7, 11) is 0. The van der Waals surface area contributed by atoms with Gasteiger partial charge in [-0.1, -0.05) is 0 Å². The molecule has 0 amide bonds. The molecule has 28 heavy (non-hydrogen) atoms. The summed E-state index contributed by atoms with van der Waals surface area (Å²) in [6.07, 6.45) is 9.57. The van der Waals surface area contributed by atoms with Gasteiger partial charge in [-0.3, -0.25) is 0 Å². The van der Waals surface area contributed by atoms with Gasteiger partial charge in [0.25, 0.3) is 0 Å². The maximum atomic E-state index is 9.23. The van der Waals surface area contributed by atoms with Crippen LogP contribution in [0.1, 0.15) is 34.8 Å². The monoisotopic (exact) mass is 368 g/mol. The molecule has 0 atom stereocenters. The van der Waals surface area contributed by atoms with Crippen molar-refractivity contribution in [3.05, 3.63) is 70.8 Å². The van der Waals surface area contributed by atoms with Crippen molar-refractivity contribution < 1.29 is 5.11 Å². The predicted molar refractivity (Wildman–Crippen MR) is 114 cm³/mol. The van der Waals surface area contributed by atoms with E-state index in [1.54, 1.807) is 0 Å². The van der Waals surface area contributed by atoms with Gasteiger partial charge in [-0.2, -0.15) is 0 Å². The third-order valence-electron chi connectivity index (χ3n) is 4.86. The summed E-state index contributed by atoms with van der Waals surface area (Å²) in [6.45, 7) is 0.182. The minimum atomic E-state index is 0.182. The Morgan fingerprint density at radius 3 is 2.04 bits per heavy atom. The van der Waals surface area contributed by atoms with E-state index in [0.717, 1.165) is 57.7 Å². The highest BCUT2D eigenvalue weighted by Gasteiger charge is 2.05. The second kappa shape index (κ2) is 6.94. The standard InChI is InChI=1S/C23H20N4O/c28-9-1-2-15-10-22-13-20-6-5-18(25-20)11-16-3-4-17(24-16)12-19-7-8-21(26-19)14-23(15)27-22/h3-8,10-14,25,27-28H,1-2,9H2. The van der Waals surface area contributed by atoms with Crippen molar-refractivity contribution in [1.29, 1.82) is 0 Å². The predicted octanol–water partition coefficient (Wildman–Crippen LogP) is 4.58. The zero-order valence-corrected chi connectivity index (χ0v) is 15.3. The number of hydrogen-bond donors (Lipinski definition) is 3. The number of fused-ring (bicyclic) bond motifs is 8. The molecule has 8 bridgehead atoms. The fourth-order valence-electron chi connectivity index (χ4n) is 3.55. The van der Waals surface area contributed by atoms with Crippen LogP contribution in [0.4, 0.5) is 0 Å². The average molecular weight is 368 g/mol.